The van der Waals surface area contributed by atoms with Crippen molar-refractivity contribution in [1.82, 2.24) is 9.97 Å². The highest BCUT2D eigenvalue weighted by atomic mass is 16.7. The van der Waals surface area contributed by atoms with Crippen LogP contribution in [0.3, 0.4) is 0 Å². The second-order valence-electron chi connectivity index (χ2n) is 12.6. The molecule has 4 unspecified atom stereocenters. The molecule has 0 amide bonds. The average Bonchev–Trinajstić information content (AvgIpc) is 3.30. The first kappa shape index (κ1) is 22.6. The molecule has 6 rings (SSSR count). The Hall–Kier alpha value is -2.90. The smallest absolute Gasteiger partial charge is 0.317 e. The number of nitro groups is 1. The number of carbonyl (C=O) groups excluding carboxylic acids is 1. The van der Waals surface area contributed by atoms with Crippen LogP contribution in [0.15, 0.2) is 23.4 Å². The number of fused-ring (bicyclic) bond motifs is 8. The molecule has 8 heteroatoms. The number of nitrogens with zero attached hydrogens (tertiary/aromatic N) is 4. The van der Waals surface area contributed by atoms with Crippen LogP contribution in [0.5, 0.6) is 0 Å². The SMILES string of the molecule is CC12CCC(CC1=NOC(=O)C13CCC(C)(c4nc5ccc([N+](=O)[O-])cc5nc41)C3(C)C)C2(C)C. The normalized spacial score (nSPS) is 36.6. The molecule has 3 saturated carbocycles. The van der Waals surface area contributed by atoms with E-state index in [0.717, 1.165) is 30.7 Å². The topological polar surface area (TPSA) is 108 Å². The maximum absolute atomic E-state index is 14.0. The van der Waals surface area contributed by atoms with Crippen LogP contribution >= 0.6 is 0 Å². The van der Waals surface area contributed by atoms with Crippen LogP contribution in [0, 0.1) is 32.3 Å². The number of benzene rings is 1. The van der Waals surface area contributed by atoms with Crippen molar-refractivity contribution in [3.8, 4) is 0 Å². The van der Waals surface area contributed by atoms with Gasteiger partial charge in [0.2, 0.25) is 0 Å². The molecule has 0 radical (unpaired) electrons. The fourth-order valence-electron chi connectivity index (χ4n) is 7.90. The molecule has 3 fully saturated rings. The minimum atomic E-state index is -0.999. The van der Waals surface area contributed by atoms with Crippen molar-refractivity contribution in [3.05, 3.63) is 39.7 Å². The van der Waals surface area contributed by atoms with Crippen LogP contribution < -0.4 is 0 Å². The summed E-state index contributed by atoms with van der Waals surface area (Å²) in [4.78, 5) is 40.5. The summed E-state index contributed by atoms with van der Waals surface area (Å²) < 4.78 is 0. The molecule has 1 aromatic heterocycles. The number of carbonyl (C=O) groups is 1. The van der Waals surface area contributed by atoms with E-state index in [1.807, 2.05) is 0 Å². The molecule has 4 aliphatic rings. The number of rotatable bonds is 3. The van der Waals surface area contributed by atoms with Gasteiger partial charge >= 0.3 is 5.97 Å². The first-order chi connectivity index (χ1) is 16.3. The zero-order chi connectivity index (χ0) is 25.2. The van der Waals surface area contributed by atoms with E-state index in [2.05, 4.69) is 46.7 Å². The van der Waals surface area contributed by atoms with Gasteiger partial charge in [0.15, 0.2) is 0 Å². The van der Waals surface area contributed by atoms with Gasteiger partial charge in [-0.05, 0) is 54.9 Å². The van der Waals surface area contributed by atoms with Gasteiger partial charge in [-0.1, -0.05) is 46.7 Å². The minimum Gasteiger partial charge on any atom is -0.317 e. The predicted octanol–water partition coefficient (Wildman–Crippen LogP) is 5.61. The Morgan fingerprint density at radius 2 is 1.74 bits per heavy atom. The quantitative estimate of drug-likeness (QED) is 0.324. The second-order valence-corrected chi connectivity index (χ2v) is 12.6. The van der Waals surface area contributed by atoms with E-state index in [9.17, 15) is 14.9 Å². The van der Waals surface area contributed by atoms with E-state index in [1.165, 1.54) is 18.6 Å². The Labute approximate surface area is 204 Å². The third-order valence-corrected chi connectivity index (χ3v) is 11.3. The zero-order valence-corrected chi connectivity index (χ0v) is 21.3. The molecule has 8 nitrogen and oxygen atoms in total. The Morgan fingerprint density at radius 1 is 1.03 bits per heavy atom. The van der Waals surface area contributed by atoms with Gasteiger partial charge < -0.3 is 4.84 Å². The Bertz CT molecular complexity index is 1360. The minimum absolute atomic E-state index is 0.0458. The van der Waals surface area contributed by atoms with Gasteiger partial charge in [0.25, 0.3) is 5.69 Å². The van der Waals surface area contributed by atoms with E-state index in [0.29, 0.717) is 29.1 Å². The summed E-state index contributed by atoms with van der Waals surface area (Å²) in [5.74, 6) is 0.176. The van der Waals surface area contributed by atoms with Crippen LogP contribution in [0.2, 0.25) is 0 Å². The van der Waals surface area contributed by atoms with Crippen molar-refractivity contribution in [2.24, 2.45) is 27.3 Å². The summed E-state index contributed by atoms with van der Waals surface area (Å²) in [5, 5.41) is 15.9. The standard InChI is InChI=1S/C27H32N4O4/c1-23(2)15-9-10-25(23,5)19(13-15)30-35-22(32)27-12-11-26(6,24(27,3)4)20-21(27)29-18-14-16(31(33)34)7-8-17(18)28-20/h7-8,14-15H,9-13H2,1-6H3. The highest BCUT2D eigenvalue weighted by Gasteiger charge is 2.74. The summed E-state index contributed by atoms with van der Waals surface area (Å²) in [7, 11) is 0. The number of aromatic nitrogens is 2. The number of hydrogen-bond acceptors (Lipinski definition) is 7. The molecule has 0 N–H and O–H groups in total. The molecule has 4 aliphatic carbocycles. The fourth-order valence-corrected chi connectivity index (χ4v) is 7.90. The highest BCUT2D eigenvalue weighted by Crippen LogP contribution is 2.70. The van der Waals surface area contributed by atoms with Gasteiger partial charge in [-0.25, -0.2) is 14.8 Å². The van der Waals surface area contributed by atoms with Gasteiger partial charge in [-0.3, -0.25) is 10.1 Å². The largest absolute Gasteiger partial charge is 0.347 e. The van der Waals surface area contributed by atoms with Gasteiger partial charge in [0.05, 0.1) is 33.1 Å². The fraction of sp³-hybridized carbons (Fsp3) is 0.630. The zero-order valence-electron chi connectivity index (χ0n) is 21.3. The van der Waals surface area contributed by atoms with Crippen LogP contribution in [0.4, 0.5) is 5.69 Å². The lowest BCUT2D eigenvalue weighted by atomic mass is 9.64. The highest BCUT2D eigenvalue weighted by molar-refractivity contribution is 5.95. The Balaban J connectivity index is 1.45. The number of non-ortho nitro benzene ring substituents is 1. The van der Waals surface area contributed by atoms with E-state index in [-0.39, 0.29) is 27.9 Å². The summed E-state index contributed by atoms with van der Waals surface area (Å²) >= 11 is 0. The molecule has 0 saturated heterocycles. The van der Waals surface area contributed by atoms with Gasteiger partial charge in [0, 0.05) is 23.0 Å². The lowest BCUT2D eigenvalue weighted by Crippen LogP contribution is -2.46. The lowest BCUT2D eigenvalue weighted by molar-refractivity contribution is -0.384. The third-order valence-electron chi connectivity index (χ3n) is 11.3. The van der Waals surface area contributed by atoms with Crippen molar-refractivity contribution < 1.29 is 14.6 Å². The lowest BCUT2D eigenvalue weighted by Gasteiger charge is -2.38. The number of oxime groups is 1. The van der Waals surface area contributed by atoms with Crippen LogP contribution in [0.1, 0.15) is 85.0 Å². The number of hydrogen-bond donors (Lipinski definition) is 0. The van der Waals surface area contributed by atoms with Gasteiger partial charge in [0.1, 0.15) is 5.41 Å². The maximum atomic E-state index is 14.0. The van der Waals surface area contributed by atoms with Gasteiger partial charge in [-0.2, -0.15) is 0 Å². The molecule has 184 valence electrons. The molecule has 1 heterocycles. The van der Waals surface area contributed by atoms with Crippen molar-refractivity contribution in [2.45, 2.75) is 84.5 Å². The van der Waals surface area contributed by atoms with Crippen molar-refractivity contribution in [3.63, 3.8) is 0 Å². The molecule has 0 spiro atoms. The second kappa shape index (κ2) is 6.45. The maximum Gasteiger partial charge on any atom is 0.347 e. The monoisotopic (exact) mass is 476 g/mol. The van der Waals surface area contributed by atoms with E-state index < -0.39 is 15.8 Å². The molecular weight excluding hydrogens is 444 g/mol. The van der Waals surface area contributed by atoms with Gasteiger partial charge in [-0.15, -0.1) is 0 Å². The Kier molecular flexibility index (Phi) is 4.16. The molecular formula is C27H32N4O4. The third kappa shape index (κ3) is 2.38. The molecule has 1 aromatic carbocycles. The number of nitro benzene ring substituents is 1. The van der Waals surface area contributed by atoms with Crippen molar-refractivity contribution in [1.29, 1.82) is 0 Å². The first-order valence-corrected chi connectivity index (χ1v) is 12.6. The first-order valence-electron chi connectivity index (χ1n) is 12.6. The summed E-state index contributed by atoms with van der Waals surface area (Å²) in [6.07, 6.45) is 4.50. The predicted molar refractivity (Wildman–Crippen MR) is 131 cm³/mol. The van der Waals surface area contributed by atoms with E-state index in [1.54, 1.807) is 6.07 Å². The molecule has 4 bridgehead atoms. The average molecular weight is 477 g/mol. The molecule has 4 atom stereocenters. The van der Waals surface area contributed by atoms with E-state index >= 15 is 0 Å². The molecule has 0 aliphatic heterocycles. The van der Waals surface area contributed by atoms with E-state index in [4.69, 9.17) is 14.8 Å². The van der Waals surface area contributed by atoms with Crippen molar-refractivity contribution >= 4 is 28.4 Å². The van der Waals surface area contributed by atoms with Crippen LogP contribution in [-0.2, 0) is 20.5 Å². The molecule has 2 aromatic rings. The molecule has 35 heavy (non-hydrogen) atoms. The van der Waals surface area contributed by atoms with Crippen molar-refractivity contribution in [2.75, 3.05) is 0 Å². The van der Waals surface area contributed by atoms with Crippen LogP contribution in [-0.4, -0.2) is 26.6 Å². The van der Waals surface area contributed by atoms with Crippen LogP contribution in [0.25, 0.3) is 11.0 Å². The summed E-state index contributed by atoms with van der Waals surface area (Å²) in [6, 6.07) is 4.51. The Morgan fingerprint density at radius 3 is 2.37 bits per heavy atom. The summed E-state index contributed by atoms with van der Waals surface area (Å²) in [6.45, 7) is 13.2. The summed E-state index contributed by atoms with van der Waals surface area (Å²) in [5.41, 5.74) is 1.57.